The fraction of sp³-hybridized carbons (Fsp3) is 0.364. The van der Waals surface area contributed by atoms with Crippen molar-refractivity contribution in [2.75, 3.05) is 0 Å². The van der Waals surface area contributed by atoms with Crippen molar-refractivity contribution < 1.29 is 0 Å². The van der Waals surface area contributed by atoms with Crippen LogP contribution in [0.5, 0.6) is 0 Å². The molecule has 0 nitrogen and oxygen atoms in total. The highest BCUT2D eigenvalue weighted by molar-refractivity contribution is 5.35. The molecule has 0 unspecified atom stereocenters. The first kappa shape index (κ1) is 8.32. The molecule has 0 bridgehead atoms. The first-order chi connectivity index (χ1) is 5.09. The SMILES string of the molecule is C[C](C)c1cc(C)cc(C)c1. The minimum atomic E-state index is 1.35. The van der Waals surface area contributed by atoms with Gasteiger partial charge in [-0.25, -0.2) is 0 Å². The first-order valence-corrected chi connectivity index (χ1v) is 3.98. The highest BCUT2D eigenvalue weighted by Crippen LogP contribution is 2.16. The van der Waals surface area contributed by atoms with Crippen LogP contribution in [-0.2, 0) is 0 Å². The maximum absolute atomic E-state index is 2.22. The summed E-state index contributed by atoms with van der Waals surface area (Å²) in [6.07, 6.45) is 0. The molecule has 0 heteroatoms. The van der Waals surface area contributed by atoms with E-state index in [4.69, 9.17) is 0 Å². The number of hydrogen-bond donors (Lipinski definition) is 0. The molecule has 0 aliphatic heterocycles. The monoisotopic (exact) mass is 147 g/mol. The van der Waals surface area contributed by atoms with Crippen molar-refractivity contribution >= 4 is 0 Å². The van der Waals surface area contributed by atoms with Crippen LogP contribution in [0.15, 0.2) is 18.2 Å². The zero-order valence-corrected chi connectivity index (χ0v) is 7.73. The lowest BCUT2D eigenvalue weighted by Crippen LogP contribution is -1.89. The molecule has 0 aliphatic rings. The first-order valence-electron chi connectivity index (χ1n) is 3.98. The van der Waals surface area contributed by atoms with Crippen molar-refractivity contribution in [3.8, 4) is 0 Å². The minimum absolute atomic E-state index is 1.35. The molecule has 59 valence electrons. The van der Waals surface area contributed by atoms with E-state index in [1.165, 1.54) is 22.6 Å². The van der Waals surface area contributed by atoms with Crippen molar-refractivity contribution in [1.29, 1.82) is 0 Å². The van der Waals surface area contributed by atoms with Crippen LogP contribution in [0.1, 0.15) is 30.5 Å². The maximum Gasteiger partial charge on any atom is -0.00118 e. The molecular formula is C11H15. The van der Waals surface area contributed by atoms with E-state index in [1.807, 2.05) is 0 Å². The molecule has 0 N–H and O–H groups in total. The van der Waals surface area contributed by atoms with Gasteiger partial charge in [-0.2, -0.15) is 0 Å². The third-order valence-corrected chi connectivity index (χ3v) is 1.80. The lowest BCUT2D eigenvalue weighted by molar-refractivity contribution is 1.13. The van der Waals surface area contributed by atoms with Crippen LogP contribution in [0.25, 0.3) is 0 Å². The molecule has 0 heterocycles. The van der Waals surface area contributed by atoms with Crippen molar-refractivity contribution in [3.63, 3.8) is 0 Å². The zero-order chi connectivity index (χ0) is 8.43. The Morgan fingerprint density at radius 2 is 1.36 bits per heavy atom. The fourth-order valence-corrected chi connectivity index (χ4v) is 1.26. The van der Waals surface area contributed by atoms with E-state index in [1.54, 1.807) is 0 Å². The number of benzene rings is 1. The smallest absolute Gasteiger partial charge is 0.00118 e. The van der Waals surface area contributed by atoms with Gasteiger partial charge in [0.2, 0.25) is 0 Å². The minimum Gasteiger partial charge on any atom is -0.0564 e. The summed E-state index contributed by atoms with van der Waals surface area (Å²) in [6.45, 7) is 8.57. The molecule has 0 fully saturated rings. The van der Waals surface area contributed by atoms with Crippen LogP contribution in [0.4, 0.5) is 0 Å². The van der Waals surface area contributed by atoms with Gasteiger partial charge in [0.15, 0.2) is 0 Å². The Bertz CT molecular complexity index is 226. The molecule has 0 aliphatic carbocycles. The molecule has 1 aromatic carbocycles. The van der Waals surface area contributed by atoms with Crippen LogP contribution < -0.4 is 0 Å². The highest BCUT2D eigenvalue weighted by atomic mass is 14.0. The summed E-state index contributed by atoms with van der Waals surface area (Å²) >= 11 is 0. The molecule has 0 aromatic heterocycles. The Morgan fingerprint density at radius 1 is 0.909 bits per heavy atom. The fourth-order valence-electron chi connectivity index (χ4n) is 1.26. The van der Waals surface area contributed by atoms with Crippen LogP contribution in [0.2, 0.25) is 0 Å². The molecule has 11 heavy (non-hydrogen) atoms. The summed E-state index contributed by atoms with van der Waals surface area (Å²) in [5.41, 5.74) is 4.06. The Kier molecular flexibility index (Phi) is 2.33. The van der Waals surface area contributed by atoms with Crippen LogP contribution in [-0.4, -0.2) is 0 Å². The summed E-state index contributed by atoms with van der Waals surface area (Å²) in [4.78, 5) is 0. The predicted molar refractivity (Wildman–Crippen MR) is 49.6 cm³/mol. The van der Waals surface area contributed by atoms with E-state index in [0.717, 1.165) is 0 Å². The Hall–Kier alpha value is -0.780. The Morgan fingerprint density at radius 3 is 1.73 bits per heavy atom. The van der Waals surface area contributed by atoms with Crippen LogP contribution in [0, 0.1) is 19.8 Å². The van der Waals surface area contributed by atoms with Crippen molar-refractivity contribution in [3.05, 3.63) is 40.8 Å². The van der Waals surface area contributed by atoms with E-state index in [0.29, 0.717) is 0 Å². The third kappa shape index (κ3) is 2.07. The molecule has 0 amide bonds. The predicted octanol–water partition coefficient (Wildman–Crippen LogP) is 3.27. The lowest BCUT2D eigenvalue weighted by atomic mass is 9.99. The van der Waals surface area contributed by atoms with Gasteiger partial charge in [-0.05, 0) is 25.3 Å². The van der Waals surface area contributed by atoms with Gasteiger partial charge < -0.3 is 0 Å². The molecule has 0 saturated carbocycles. The quantitative estimate of drug-likeness (QED) is 0.572. The van der Waals surface area contributed by atoms with E-state index in [2.05, 4.69) is 45.9 Å². The van der Waals surface area contributed by atoms with Crippen molar-refractivity contribution in [2.24, 2.45) is 0 Å². The standard InChI is InChI=1S/C11H15/c1-8(2)11-6-9(3)5-10(4)7-11/h5-7H,1-4H3. The van der Waals surface area contributed by atoms with E-state index in [-0.39, 0.29) is 0 Å². The van der Waals surface area contributed by atoms with Gasteiger partial charge in [-0.15, -0.1) is 0 Å². The second kappa shape index (κ2) is 3.08. The average molecular weight is 147 g/mol. The highest BCUT2D eigenvalue weighted by Gasteiger charge is 1.99. The summed E-state index contributed by atoms with van der Waals surface area (Å²) in [7, 11) is 0. The van der Waals surface area contributed by atoms with Gasteiger partial charge in [-0.3, -0.25) is 0 Å². The van der Waals surface area contributed by atoms with Gasteiger partial charge >= 0.3 is 0 Å². The largest absolute Gasteiger partial charge is 0.0564 e. The maximum atomic E-state index is 2.22. The summed E-state index contributed by atoms with van der Waals surface area (Å²) in [5.74, 6) is 1.39. The zero-order valence-electron chi connectivity index (χ0n) is 7.73. The summed E-state index contributed by atoms with van der Waals surface area (Å²) in [5, 5.41) is 0. The number of aryl methyl sites for hydroxylation is 2. The number of hydrogen-bond acceptors (Lipinski definition) is 0. The summed E-state index contributed by atoms with van der Waals surface area (Å²) in [6, 6.07) is 6.65. The van der Waals surface area contributed by atoms with Crippen molar-refractivity contribution in [2.45, 2.75) is 27.7 Å². The normalized spacial score (nSPS) is 10.6. The van der Waals surface area contributed by atoms with E-state index >= 15 is 0 Å². The van der Waals surface area contributed by atoms with Crippen molar-refractivity contribution in [1.82, 2.24) is 0 Å². The molecule has 0 saturated heterocycles. The average Bonchev–Trinajstić information content (AvgIpc) is 1.85. The van der Waals surface area contributed by atoms with Gasteiger partial charge in [0.1, 0.15) is 0 Å². The van der Waals surface area contributed by atoms with E-state index in [9.17, 15) is 0 Å². The van der Waals surface area contributed by atoms with Gasteiger partial charge in [0, 0.05) is 0 Å². The molecule has 1 radical (unpaired) electrons. The Balaban J connectivity index is 3.08. The second-order valence-corrected chi connectivity index (χ2v) is 3.38. The molecule has 0 spiro atoms. The number of rotatable bonds is 1. The lowest BCUT2D eigenvalue weighted by Gasteiger charge is -2.06. The second-order valence-electron chi connectivity index (χ2n) is 3.38. The van der Waals surface area contributed by atoms with Gasteiger partial charge in [-0.1, -0.05) is 43.2 Å². The summed E-state index contributed by atoms with van der Waals surface area (Å²) < 4.78 is 0. The Labute approximate surface area is 69.3 Å². The van der Waals surface area contributed by atoms with Gasteiger partial charge in [0.25, 0.3) is 0 Å². The van der Waals surface area contributed by atoms with Crippen LogP contribution >= 0.6 is 0 Å². The van der Waals surface area contributed by atoms with Crippen LogP contribution in [0.3, 0.4) is 0 Å². The third-order valence-electron chi connectivity index (χ3n) is 1.80. The topological polar surface area (TPSA) is 0 Å². The molecule has 1 aromatic rings. The molecule has 0 atom stereocenters. The molecule has 1 rings (SSSR count). The molecular weight excluding hydrogens is 132 g/mol. The van der Waals surface area contributed by atoms with E-state index < -0.39 is 0 Å². The van der Waals surface area contributed by atoms with Gasteiger partial charge in [0.05, 0.1) is 0 Å².